The van der Waals surface area contributed by atoms with Gasteiger partial charge in [0.15, 0.2) is 0 Å². The van der Waals surface area contributed by atoms with Gasteiger partial charge in [-0.3, -0.25) is 4.98 Å². The van der Waals surface area contributed by atoms with Crippen LogP contribution >= 0.6 is 24.0 Å². The smallest absolute Gasteiger partial charge is 0.0705 e. The van der Waals surface area contributed by atoms with Crippen molar-refractivity contribution in [3.8, 4) is 11.3 Å². The van der Waals surface area contributed by atoms with E-state index in [1.54, 1.807) is 6.20 Å². The molecule has 2 rings (SSSR count). The molecule has 0 fully saturated rings. The van der Waals surface area contributed by atoms with Gasteiger partial charge in [0.05, 0.1) is 5.69 Å². The molecule has 1 aromatic carbocycles. The molecule has 0 atom stereocenters. The lowest BCUT2D eigenvalue weighted by molar-refractivity contribution is 1.29. The normalized spacial score (nSPS) is 9.40. The summed E-state index contributed by atoms with van der Waals surface area (Å²) < 4.78 is 0. The number of rotatable bonds is 2. The standard InChI is InChI=1S/C12H10ClN.ClH/c13-9-10-5-1-2-6-11(10)12-7-3-4-8-14-12;/h1-8H,9H2;1H. The Morgan fingerprint density at radius 3 is 2.40 bits per heavy atom. The predicted octanol–water partition coefficient (Wildman–Crippen LogP) is 3.91. The first-order chi connectivity index (χ1) is 6.92. The Hall–Kier alpha value is -1.05. The van der Waals surface area contributed by atoms with Gasteiger partial charge in [0, 0.05) is 17.6 Å². The van der Waals surface area contributed by atoms with Crippen LogP contribution in [0.4, 0.5) is 0 Å². The van der Waals surface area contributed by atoms with E-state index >= 15 is 0 Å². The monoisotopic (exact) mass is 239 g/mol. The number of aromatic nitrogens is 1. The van der Waals surface area contributed by atoms with Crippen LogP contribution in [-0.2, 0) is 5.88 Å². The van der Waals surface area contributed by atoms with E-state index in [1.165, 1.54) is 0 Å². The maximum atomic E-state index is 5.85. The third-order valence-corrected chi connectivity index (χ3v) is 2.39. The van der Waals surface area contributed by atoms with Gasteiger partial charge < -0.3 is 0 Å². The molecular weight excluding hydrogens is 229 g/mol. The third-order valence-electron chi connectivity index (χ3n) is 2.10. The Labute approximate surface area is 101 Å². The Kier molecular flexibility index (Phi) is 4.60. The van der Waals surface area contributed by atoms with Crippen molar-refractivity contribution in [1.82, 2.24) is 4.98 Å². The van der Waals surface area contributed by atoms with Crippen molar-refractivity contribution < 1.29 is 0 Å². The first-order valence-corrected chi connectivity index (χ1v) is 5.00. The molecule has 15 heavy (non-hydrogen) atoms. The molecular formula is C12H11Cl2N. The number of alkyl halides is 1. The van der Waals surface area contributed by atoms with E-state index in [-0.39, 0.29) is 12.4 Å². The highest BCUT2D eigenvalue weighted by molar-refractivity contribution is 6.17. The summed E-state index contributed by atoms with van der Waals surface area (Å²) in [4.78, 5) is 4.30. The lowest BCUT2D eigenvalue weighted by atomic mass is 10.1. The van der Waals surface area contributed by atoms with E-state index in [0.717, 1.165) is 16.8 Å². The molecule has 0 saturated carbocycles. The van der Waals surface area contributed by atoms with Gasteiger partial charge in [-0.05, 0) is 17.7 Å². The van der Waals surface area contributed by atoms with Crippen molar-refractivity contribution in [3.05, 3.63) is 54.2 Å². The number of halogens is 2. The molecule has 78 valence electrons. The van der Waals surface area contributed by atoms with Crippen LogP contribution in [0.3, 0.4) is 0 Å². The van der Waals surface area contributed by atoms with Gasteiger partial charge in [0.1, 0.15) is 0 Å². The van der Waals surface area contributed by atoms with Gasteiger partial charge in [0.2, 0.25) is 0 Å². The van der Waals surface area contributed by atoms with Gasteiger partial charge in [-0.1, -0.05) is 30.3 Å². The summed E-state index contributed by atoms with van der Waals surface area (Å²) in [5.41, 5.74) is 3.21. The molecule has 1 aromatic heterocycles. The fraction of sp³-hybridized carbons (Fsp3) is 0.0833. The minimum absolute atomic E-state index is 0. The fourth-order valence-electron chi connectivity index (χ4n) is 1.41. The van der Waals surface area contributed by atoms with Crippen LogP contribution in [0.25, 0.3) is 11.3 Å². The van der Waals surface area contributed by atoms with Crippen LogP contribution in [0.5, 0.6) is 0 Å². The zero-order chi connectivity index (χ0) is 9.80. The molecule has 1 nitrogen and oxygen atoms in total. The Balaban J connectivity index is 0.00000112. The van der Waals surface area contributed by atoms with Crippen LogP contribution in [0.2, 0.25) is 0 Å². The second-order valence-electron chi connectivity index (χ2n) is 3.01. The van der Waals surface area contributed by atoms with Crippen molar-refractivity contribution in [1.29, 1.82) is 0 Å². The first-order valence-electron chi connectivity index (χ1n) is 4.47. The summed E-state index contributed by atoms with van der Waals surface area (Å²) in [6.45, 7) is 0. The quantitative estimate of drug-likeness (QED) is 0.725. The van der Waals surface area contributed by atoms with Gasteiger partial charge in [-0.2, -0.15) is 0 Å². The van der Waals surface area contributed by atoms with Crippen molar-refractivity contribution in [2.75, 3.05) is 0 Å². The minimum Gasteiger partial charge on any atom is -0.256 e. The number of pyridine rings is 1. The Morgan fingerprint density at radius 2 is 1.73 bits per heavy atom. The molecule has 2 aromatic rings. The van der Waals surface area contributed by atoms with Crippen molar-refractivity contribution in [3.63, 3.8) is 0 Å². The average Bonchev–Trinajstić information content (AvgIpc) is 2.30. The average molecular weight is 240 g/mol. The summed E-state index contributed by atoms with van der Waals surface area (Å²) >= 11 is 5.85. The summed E-state index contributed by atoms with van der Waals surface area (Å²) in [6.07, 6.45) is 1.79. The maximum Gasteiger partial charge on any atom is 0.0705 e. The van der Waals surface area contributed by atoms with E-state index in [4.69, 9.17) is 11.6 Å². The molecule has 3 heteroatoms. The summed E-state index contributed by atoms with van der Waals surface area (Å²) in [7, 11) is 0. The van der Waals surface area contributed by atoms with Crippen molar-refractivity contribution >= 4 is 24.0 Å². The second-order valence-corrected chi connectivity index (χ2v) is 3.27. The van der Waals surface area contributed by atoms with E-state index < -0.39 is 0 Å². The Morgan fingerprint density at radius 1 is 1.00 bits per heavy atom. The molecule has 0 saturated heterocycles. The third kappa shape index (κ3) is 2.71. The van der Waals surface area contributed by atoms with Crippen LogP contribution in [0.15, 0.2) is 48.7 Å². The molecule has 0 spiro atoms. The number of nitrogens with zero attached hydrogens (tertiary/aromatic N) is 1. The summed E-state index contributed by atoms with van der Waals surface area (Å²) in [5, 5.41) is 0. The van der Waals surface area contributed by atoms with E-state index in [9.17, 15) is 0 Å². The molecule has 0 N–H and O–H groups in total. The number of hydrogen-bond donors (Lipinski definition) is 0. The predicted molar refractivity (Wildman–Crippen MR) is 66.5 cm³/mol. The molecule has 0 bridgehead atoms. The van der Waals surface area contributed by atoms with Crippen molar-refractivity contribution in [2.45, 2.75) is 5.88 Å². The molecule has 1 heterocycles. The number of hydrogen-bond acceptors (Lipinski definition) is 1. The summed E-state index contributed by atoms with van der Waals surface area (Å²) in [6, 6.07) is 13.9. The van der Waals surface area contributed by atoms with E-state index in [2.05, 4.69) is 4.98 Å². The topological polar surface area (TPSA) is 12.9 Å². The Bertz CT molecular complexity index is 415. The van der Waals surface area contributed by atoms with Crippen LogP contribution < -0.4 is 0 Å². The van der Waals surface area contributed by atoms with Gasteiger partial charge in [-0.15, -0.1) is 24.0 Å². The highest BCUT2D eigenvalue weighted by Crippen LogP contribution is 2.22. The summed E-state index contributed by atoms with van der Waals surface area (Å²) in [5.74, 6) is 0.521. The minimum atomic E-state index is 0. The van der Waals surface area contributed by atoms with Gasteiger partial charge >= 0.3 is 0 Å². The number of benzene rings is 1. The molecule has 0 unspecified atom stereocenters. The van der Waals surface area contributed by atoms with Gasteiger partial charge in [0.25, 0.3) is 0 Å². The maximum absolute atomic E-state index is 5.85. The lowest BCUT2D eigenvalue weighted by Gasteiger charge is -2.04. The van der Waals surface area contributed by atoms with Crippen LogP contribution in [-0.4, -0.2) is 4.98 Å². The fourth-order valence-corrected chi connectivity index (χ4v) is 1.64. The molecule has 0 aliphatic rings. The zero-order valence-electron chi connectivity index (χ0n) is 8.06. The van der Waals surface area contributed by atoms with Crippen LogP contribution in [0.1, 0.15) is 5.56 Å². The second kappa shape index (κ2) is 5.74. The van der Waals surface area contributed by atoms with E-state index in [0.29, 0.717) is 5.88 Å². The van der Waals surface area contributed by atoms with Crippen molar-refractivity contribution in [2.24, 2.45) is 0 Å². The highest BCUT2D eigenvalue weighted by Gasteiger charge is 2.02. The molecule has 0 radical (unpaired) electrons. The van der Waals surface area contributed by atoms with E-state index in [1.807, 2.05) is 42.5 Å². The SMILES string of the molecule is Cl.ClCc1ccccc1-c1ccccn1. The first kappa shape index (κ1) is 12.0. The molecule has 0 aliphatic carbocycles. The largest absolute Gasteiger partial charge is 0.256 e. The highest BCUT2D eigenvalue weighted by atomic mass is 35.5. The molecule has 0 aliphatic heterocycles. The molecule has 0 amide bonds. The van der Waals surface area contributed by atoms with Crippen LogP contribution in [0, 0.1) is 0 Å². The zero-order valence-corrected chi connectivity index (χ0v) is 9.63. The van der Waals surface area contributed by atoms with Gasteiger partial charge in [-0.25, -0.2) is 0 Å². The lowest BCUT2D eigenvalue weighted by Crippen LogP contribution is -1.87.